The summed E-state index contributed by atoms with van der Waals surface area (Å²) < 4.78 is 34.0. The highest BCUT2D eigenvalue weighted by atomic mass is 19.1. The molecule has 3 aromatic carbocycles. The molecule has 5 rings (SSSR count). The molecule has 2 aliphatic carbocycles. The molecule has 0 radical (unpaired) electrons. The van der Waals surface area contributed by atoms with Crippen LogP contribution in [0.1, 0.15) is 32.7 Å². The van der Waals surface area contributed by atoms with Gasteiger partial charge in [0.05, 0.1) is 29.7 Å². The predicted molar refractivity (Wildman–Crippen MR) is 141 cm³/mol. The molecular weight excluding hydrogens is 520 g/mol. The number of fused-ring (bicyclic) bond motifs is 2. The van der Waals surface area contributed by atoms with Crippen LogP contribution in [0.2, 0.25) is 0 Å². The number of carbonyl (C=O) groups is 3. The number of halogens is 2. The fourth-order valence-electron chi connectivity index (χ4n) is 5.43. The van der Waals surface area contributed by atoms with Crippen LogP contribution < -0.4 is 15.4 Å². The second kappa shape index (κ2) is 10.6. The number of nitrogens with zero attached hydrogens (tertiary/aromatic N) is 1. The predicted octanol–water partition coefficient (Wildman–Crippen LogP) is 4.77. The van der Waals surface area contributed by atoms with Crippen molar-refractivity contribution in [1.82, 2.24) is 5.32 Å². The molecule has 10 heteroatoms. The smallest absolute Gasteiger partial charge is 0.335 e. The number of hydrogen-bond acceptors (Lipinski definition) is 5. The van der Waals surface area contributed by atoms with Gasteiger partial charge in [0.15, 0.2) is 0 Å². The van der Waals surface area contributed by atoms with Gasteiger partial charge in [-0.25, -0.2) is 13.6 Å². The van der Waals surface area contributed by atoms with Crippen molar-refractivity contribution in [2.24, 2.45) is 17.8 Å². The van der Waals surface area contributed by atoms with Crippen LogP contribution in [0.15, 0.2) is 66.7 Å². The molecule has 202 valence electrons. The molecule has 0 heterocycles. The maximum atomic E-state index is 15.0. The van der Waals surface area contributed by atoms with E-state index in [0.717, 1.165) is 12.1 Å². The fraction of sp³-hybridized carbons (Fsp3) is 0.200. The van der Waals surface area contributed by atoms with Crippen molar-refractivity contribution in [3.8, 4) is 22.9 Å². The summed E-state index contributed by atoms with van der Waals surface area (Å²) in [5, 5.41) is 23.9. The Labute approximate surface area is 227 Å². The van der Waals surface area contributed by atoms with Gasteiger partial charge in [-0.1, -0.05) is 24.3 Å². The third-order valence-corrected chi connectivity index (χ3v) is 7.39. The van der Waals surface area contributed by atoms with E-state index < -0.39 is 35.5 Å². The van der Waals surface area contributed by atoms with Gasteiger partial charge in [-0.15, -0.1) is 0 Å². The number of amides is 2. The number of benzene rings is 3. The Morgan fingerprint density at radius 1 is 1.00 bits per heavy atom. The first-order chi connectivity index (χ1) is 19.2. The van der Waals surface area contributed by atoms with Crippen molar-refractivity contribution in [2.75, 3.05) is 12.4 Å². The Balaban J connectivity index is 1.41. The zero-order valence-electron chi connectivity index (χ0n) is 21.2. The highest BCUT2D eigenvalue weighted by molar-refractivity contribution is 6.00. The zero-order valence-corrected chi connectivity index (χ0v) is 21.2. The summed E-state index contributed by atoms with van der Waals surface area (Å²) in [5.41, 5.74) is 0.592. The summed E-state index contributed by atoms with van der Waals surface area (Å²) in [6, 6.07) is 12.9. The summed E-state index contributed by atoms with van der Waals surface area (Å²) in [6.07, 6.45) is 4.53. The van der Waals surface area contributed by atoms with Crippen molar-refractivity contribution in [2.45, 2.75) is 12.5 Å². The molecule has 2 amide bonds. The first-order valence-corrected chi connectivity index (χ1v) is 12.4. The first kappa shape index (κ1) is 26.6. The van der Waals surface area contributed by atoms with Crippen LogP contribution in [0.4, 0.5) is 14.5 Å². The van der Waals surface area contributed by atoms with Crippen LogP contribution in [0.25, 0.3) is 11.1 Å². The number of hydrogen-bond donors (Lipinski definition) is 3. The van der Waals surface area contributed by atoms with Gasteiger partial charge in [0.1, 0.15) is 23.5 Å². The zero-order chi connectivity index (χ0) is 28.6. The number of rotatable bonds is 7. The topological polar surface area (TPSA) is 129 Å². The summed E-state index contributed by atoms with van der Waals surface area (Å²) in [4.78, 5) is 38.0. The number of aromatic carboxylic acids is 1. The van der Waals surface area contributed by atoms with Gasteiger partial charge in [0, 0.05) is 23.4 Å². The second-order valence-electron chi connectivity index (χ2n) is 9.68. The van der Waals surface area contributed by atoms with E-state index in [1.54, 1.807) is 6.07 Å². The van der Waals surface area contributed by atoms with Gasteiger partial charge in [-0.05, 0) is 60.2 Å². The molecule has 1 saturated carbocycles. The van der Waals surface area contributed by atoms with Crippen LogP contribution in [0.3, 0.4) is 0 Å². The number of carboxylic acid groups (broad SMARTS) is 1. The van der Waals surface area contributed by atoms with Gasteiger partial charge in [-0.2, -0.15) is 5.26 Å². The van der Waals surface area contributed by atoms with Crippen molar-refractivity contribution in [1.29, 1.82) is 5.26 Å². The van der Waals surface area contributed by atoms with Crippen LogP contribution in [-0.4, -0.2) is 36.0 Å². The van der Waals surface area contributed by atoms with E-state index in [-0.39, 0.29) is 51.4 Å². The first-order valence-electron chi connectivity index (χ1n) is 12.4. The number of allylic oxidation sites excluding steroid dienone is 1. The Kier molecular flexibility index (Phi) is 7.05. The molecular formula is C30H23F2N3O5. The van der Waals surface area contributed by atoms with E-state index in [9.17, 15) is 23.2 Å². The molecule has 0 saturated heterocycles. The molecule has 0 spiro atoms. The van der Waals surface area contributed by atoms with Gasteiger partial charge in [0.2, 0.25) is 5.91 Å². The molecule has 0 aromatic heterocycles. The van der Waals surface area contributed by atoms with Crippen LogP contribution >= 0.6 is 0 Å². The number of nitrogens with one attached hydrogen (secondary N) is 2. The number of nitriles is 1. The second-order valence-corrected chi connectivity index (χ2v) is 9.68. The largest absolute Gasteiger partial charge is 0.496 e. The maximum Gasteiger partial charge on any atom is 0.335 e. The van der Waals surface area contributed by atoms with Gasteiger partial charge < -0.3 is 20.5 Å². The average molecular weight is 544 g/mol. The van der Waals surface area contributed by atoms with E-state index in [1.165, 1.54) is 49.6 Å². The minimum absolute atomic E-state index is 0.00375. The normalized spacial score (nSPS) is 20.6. The molecule has 1 fully saturated rings. The molecule has 4 unspecified atom stereocenters. The maximum absolute atomic E-state index is 15.0. The van der Waals surface area contributed by atoms with E-state index in [2.05, 4.69) is 10.6 Å². The molecule has 2 bridgehead atoms. The average Bonchev–Trinajstić information content (AvgIpc) is 3.56. The quantitative estimate of drug-likeness (QED) is 0.369. The lowest BCUT2D eigenvalue weighted by Crippen LogP contribution is -2.47. The molecule has 3 N–H and O–H groups in total. The lowest BCUT2D eigenvalue weighted by molar-refractivity contribution is -0.121. The van der Waals surface area contributed by atoms with Crippen molar-refractivity contribution in [3.05, 3.63) is 95.1 Å². The number of ether oxygens (including phenoxy) is 1. The summed E-state index contributed by atoms with van der Waals surface area (Å²) in [7, 11) is 1.31. The number of carboxylic acids is 1. The molecule has 3 aromatic rings. The van der Waals surface area contributed by atoms with Crippen molar-refractivity contribution in [3.63, 3.8) is 0 Å². The Bertz CT molecular complexity index is 1600. The standard InChI is InChI=1S/C30H23F2N3O5/c1-40-25-13-24(32)21(15-2-4-16(5-3-15)30(38)39)12-22(25)28(36)35-27-18-7-6-17(10-18)26(27)29(37)34-20-8-9-23(31)19(11-20)14-33/h2-9,11-13,17-18,26-27H,10H2,1H3,(H,34,37)(H,35,36)(H,38,39). The van der Waals surface area contributed by atoms with Crippen LogP contribution in [-0.2, 0) is 4.79 Å². The SMILES string of the molecule is COc1cc(F)c(-c2ccc(C(=O)O)cc2)cc1C(=O)NC1C2C=CC(C2)C1C(=O)Nc1ccc(F)c(C#N)c1. The Morgan fingerprint density at radius 2 is 1.73 bits per heavy atom. The van der Waals surface area contributed by atoms with Gasteiger partial charge in [0.25, 0.3) is 5.91 Å². The monoisotopic (exact) mass is 543 g/mol. The number of methoxy groups -OCH3 is 1. The highest BCUT2D eigenvalue weighted by Crippen LogP contribution is 2.44. The Hall–Kier alpha value is -5.04. The molecule has 8 nitrogen and oxygen atoms in total. The lowest BCUT2D eigenvalue weighted by Gasteiger charge is -2.28. The third-order valence-electron chi connectivity index (χ3n) is 7.39. The molecule has 4 atom stereocenters. The van der Waals surface area contributed by atoms with Crippen LogP contribution in [0, 0.1) is 40.7 Å². The highest BCUT2D eigenvalue weighted by Gasteiger charge is 2.49. The lowest BCUT2D eigenvalue weighted by atomic mass is 9.87. The van der Waals surface area contributed by atoms with Gasteiger partial charge in [-0.3, -0.25) is 9.59 Å². The molecule has 0 aliphatic heterocycles. The minimum atomic E-state index is -1.12. The van der Waals surface area contributed by atoms with E-state index >= 15 is 0 Å². The van der Waals surface area contributed by atoms with Gasteiger partial charge >= 0.3 is 5.97 Å². The van der Waals surface area contributed by atoms with Crippen LogP contribution in [0.5, 0.6) is 5.75 Å². The third kappa shape index (κ3) is 4.89. The van der Waals surface area contributed by atoms with Crippen molar-refractivity contribution >= 4 is 23.5 Å². The molecule has 2 aliphatic rings. The summed E-state index contributed by atoms with van der Waals surface area (Å²) in [6.45, 7) is 0. The Morgan fingerprint density at radius 3 is 2.40 bits per heavy atom. The van der Waals surface area contributed by atoms with E-state index in [4.69, 9.17) is 15.1 Å². The van der Waals surface area contributed by atoms with Crippen molar-refractivity contribution < 1.29 is 33.0 Å². The molecule has 40 heavy (non-hydrogen) atoms. The van der Waals surface area contributed by atoms with E-state index in [1.807, 2.05) is 12.2 Å². The minimum Gasteiger partial charge on any atom is -0.496 e. The van der Waals surface area contributed by atoms with E-state index in [0.29, 0.717) is 12.0 Å². The number of anilines is 1. The summed E-state index contributed by atoms with van der Waals surface area (Å²) >= 11 is 0. The number of carbonyl (C=O) groups excluding carboxylic acids is 2. The fourth-order valence-corrected chi connectivity index (χ4v) is 5.43. The summed E-state index contributed by atoms with van der Waals surface area (Å²) in [5.74, 6) is -4.32.